The number of fused-ring (bicyclic) bond motifs is 1. The lowest BCUT2D eigenvalue weighted by molar-refractivity contribution is -0.135. The van der Waals surface area contributed by atoms with Crippen LogP contribution in [-0.2, 0) is 20.9 Å². The molecule has 1 aliphatic rings. The Kier molecular flexibility index (Phi) is 8.02. The highest BCUT2D eigenvalue weighted by molar-refractivity contribution is 7.13. The fourth-order valence-corrected chi connectivity index (χ4v) is 5.41. The maximum atomic E-state index is 13.2. The molecule has 0 unspecified atom stereocenters. The number of carbonyl (C=O) groups excluding carboxylic acids is 3. The van der Waals surface area contributed by atoms with Crippen LogP contribution < -0.4 is 19.7 Å². The molecule has 4 rings (SSSR count). The predicted octanol–water partition coefficient (Wildman–Crippen LogP) is 6.21. The third kappa shape index (κ3) is 5.93. The van der Waals surface area contributed by atoms with Crippen LogP contribution in [0.25, 0.3) is 11.1 Å². The molecule has 1 amide bonds. The Hall–Kier alpha value is -3.85. The number of methoxy groups -OCH3 is 1. The SMILES string of the molecule is COc1cc(OC(=O)CC(C)C)ccc1-c1ccc2c(c1COC(=O)c1ccc(C)s1)N(C)C(=O)C(C)(C)N2. The van der Waals surface area contributed by atoms with Crippen LogP contribution in [0.5, 0.6) is 11.5 Å². The summed E-state index contributed by atoms with van der Waals surface area (Å²) < 4.78 is 17.0. The highest BCUT2D eigenvalue weighted by atomic mass is 32.1. The second-order valence-electron chi connectivity index (χ2n) is 10.5. The van der Waals surface area contributed by atoms with Crippen molar-refractivity contribution in [2.45, 2.75) is 53.2 Å². The van der Waals surface area contributed by atoms with E-state index in [-0.39, 0.29) is 24.4 Å². The van der Waals surface area contributed by atoms with Gasteiger partial charge in [0.25, 0.3) is 5.91 Å². The van der Waals surface area contributed by atoms with Crippen LogP contribution in [0.2, 0.25) is 0 Å². The van der Waals surface area contributed by atoms with E-state index in [4.69, 9.17) is 14.2 Å². The van der Waals surface area contributed by atoms with Gasteiger partial charge in [-0.25, -0.2) is 4.79 Å². The van der Waals surface area contributed by atoms with Crippen molar-refractivity contribution in [1.82, 2.24) is 0 Å². The average molecular weight is 551 g/mol. The minimum atomic E-state index is -0.801. The molecular formula is C30H34N2O6S. The average Bonchev–Trinajstić information content (AvgIpc) is 3.31. The smallest absolute Gasteiger partial charge is 0.348 e. The summed E-state index contributed by atoms with van der Waals surface area (Å²) in [4.78, 5) is 41.4. The summed E-state index contributed by atoms with van der Waals surface area (Å²) in [5.41, 5.74) is 2.65. The third-order valence-corrected chi connectivity index (χ3v) is 7.44. The van der Waals surface area contributed by atoms with E-state index in [0.29, 0.717) is 39.6 Å². The topological polar surface area (TPSA) is 94.2 Å². The lowest BCUT2D eigenvalue weighted by Crippen LogP contribution is -2.52. The number of amides is 1. The predicted molar refractivity (Wildman–Crippen MR) is 153 cm³/mol. The number of hydrogen-bond donors (Lipinski definition) is 1. The number of thiophene rings is 1. The van der Waals surface area contributed by atoms with Gasteiger partial charge < -0.3 is 24.4 Å². The number of ether oxygens (including phenoxy) is 3. The molecule has 1 aliphatic heterocycles. The second-order valence-corrected chi connectivity index (χ2v) is 11.8. The van der Waals surface area contributed by atoms with Crippen LogP contribution in [0, 0.1) is 12.8 Å². The maximum Gasteiger partial charge on any atom is 0.348 e. The first-order valence-electron chi connectivity index (χ1n) is 12.8. The Labute approximate surface area is 232 Å². The Morgan fingerprint density at radius 3 is 2.44 bits per heavy atom. The van der Waals surface area contributed by atoms with Gasteiger partial charge >= 0.3 is 11.9 Å². The van der Waals surface area contributed by atoms with Crippen molar-refractivity contribution >= 4 is 40.6 Å². The van der Waals surface area contributed by atoms with E-state index in [9.17, 15) is 14.4 Å². The number of rotatable bonds is 8. The maximum absolute atomic E-state index is 13.2. The van der Waals surface area contributed by atoms with E-state index in [1.165, 1.54) is 18.4 Å². The quantitative estimate of drug-likeness (QED) is 0.263. The lowest BCUT2D eigenvalue weighted by Gasteiger charge is -2.39. The fraction of sp³-hybridized carbons (Fsp3) is 0.367. The molecule has 0 radical (unpaired) electrons. The van der Waals surface area contributed by atoms with Gasteiger partial charge in [0.1, 0.15) is 28.5 Å². The van der Waals surface area contributed by atoms with Gasteiger partial charge in [-0.1, -0.05) is 19.9 Å². The van der Waals surface area contributed by atoms with Crippen molar-refractivity contribution in [3.8, 4) is 22.6 Å². The Morgan fingerprint density at radius 2 is 1.79 bits per heavy atom. The molecule has 39 heavy (non-hydrogen) atoms. The number of carbonyl (C=O) groups is 3. The molecule has 0 fully saturated rings. The van der Waals surface area contributed by atoms with E-state index in [0.717, 1.165) is 16.1 Å². The van der Waals surface area contributed by atoms with Crippen molar-refractivity contribution < 1.29 is 28.6 Å². The van der Waals surface area contributed by atoms with Crippen LogP contribution in [0.15, 0.2) is 42.5 Å². The van der Waals surface area contributed by atoms with Gasteiger partial charge in [0.2, 0.25) is 0 Å². The third-order valence-electron chi connectivity index (χ3n) is 6.46. The molecule has 8 nitrogen and oxygen atoms in total. The Balaban J connectivity index is 1.78. The molecule has 0 saturated carbocycles. The van der Waals surface area contributed by atoms with Gasteiger partial charge in [-0.3, -0.25) is 9.59 Å². The summed E-state index contributed by atoms with van der Waals surface area (Å²) >= 11 is 1.36. The molecule has 0 atom stereocenters. The standard InChI is InChI=1S/C30H34N2O6S/c1-17(2)14-26(33)38-19-9-10-21(24(15-19)36-7)20-11-12-23-27(32(6)29(35)30(4,5)31-23)22(20)16-37-28(34)25-13-8-18(3)39-25/h8-13,15,17,31H,14,16H2,1-7H3. The zero-order valence-electron chi connectivity index (χ0n) is 23.3. The molecule has 0 bridgehead atoms. The normalized spacial score (nSPS) is 14.1. The minimum absolute atomic E-state index is 0.0672. The van der Waals surface area contributed by atoms with Crippen molar-refractivity contribution in [3.63, 3.8) is 0 Å². The van der Waals surface area contributed by atoms with Crippen molar-refractivity contribution in [2.75, 3.05) is 24.4 Å². The zero-order chi connectivity index (χ0) is 28.5. The van der Waals surface area contributed by atoms with Crippen LogP contribution in [0.4, 0.5) is 11.4 Å². The first-order valence-corrected chi connectivity index (χ1v) is 13.6. The summed E-state index contributed by atoms with van der Waals surface area (Å²) in [5.74, 6) is 0.150. The van der Waals surface area contributed by atoms with E-state index in [1.54, 1.807) is 36.2 Å². The number of nitrogens with one attached hydrogen (secondary N) is 1. The van der Waals surface area contributed by atoms with E-state index < -0.39 is 11.5 Å². The number of likely N-dealkylation sites (N-methyl/N-ethyl adjacent to an activating group) is 1. The molecule has 1 N–H and O–H groups in total. The molecule has 1 aromatic heterocycles. The highest BCUT2D eigenvalue weighted by Gasteiger charge is 2.39. The first-order chi connectivity index (χ1) is 18.4. The van der Waals surface area contributed by atoms with Crippen molar-refractivity contribution in [3.05, 3.63) is 57.8 Å². The van der Waals surface area contributed by atoms with E-state index >= 15 is 0 Å². The van der Waals surface area contributed by atoms with Gasteiger partial charge in [-0.05, 0) is 62.6 Å². The fourth-order valence-electron chi connectivity index (χ4n) is 4.65. The van der Waals surface area contributed by atoms with Gasteiger partial charge in [-0.15, -0.1) is 11.3 Å². The number of hydrogen-bond acceptors (Lipinski definition) is 8. The van der Waals surface area contributed by atoms with Gasteiger partial charge in [0.15, 0.2) is 0 Å². The van der Waals surface area contributed by atoms with Crippen molar-refractivity contribution in [2.24, 2.45) is 5.92 Å². The summed E-state index contributed by atoms with van der Waals surface area (Å²) in [7, 11) is 3.26. The van der Waals surface area contributed by atoms with E-state index in [1.807, 2.05) is 52.8 Å². The summed E-state index contributed by atoms with van der Waals surface area (Å²) in [6.45, 7) is 9.41. The van der Waals surface area contributed by atoms with Crippen LogP contribution >= 0.6 is 11.3 Å². The zero-order valence-corrected chi connectivity index (χ0v) is 24.2. The summed E-state index contributed by atoms with van der Waals surface area (Å²) in [6, 6.07) is 12.6. The van der Waals surface area contributed by atoms with Crippen molar-refractivity contribution in [1.29, 1.82) is 0 Å². The Bertz CT molecular complexity index is 1420. The lowest BCUT2D eigenvalue weighted by atomic mass is 9.91. The summed E-state index contributed by atoms with van der Waals surface area (Å²) in [6.07, 6.45) is 0.303. The van der Waals surface area contributed by atoms with Crippen LogP contribution in [0.3, 0.4) is 0 Å². The number of anilines is 2. The van der Waals surface area contributed by atoms with Gasteiger partial charge in [0, 0.05) is 35.5 Å². The number of esters is 2. The summed E-state index contributed by atoms with van der Waals surface area (Å²) in [5, 5.41) is 3.31. The van der Waals surface area contributed by atoms with E-state index in [2.05, 4.69) is 5.32 Å². The molecule has 2 aromatic carbocycles. The number of benzene rings is 2. The first kappa shape index (κ1) is 28.2. The van der Waals surface area contributed by atoms with Crippen LogP contribution in [0.1, 0.15) is 54.2 Å². The number of aryl methyl sites for hydroxylation is 1. The van der Waals surface area contributed by atoms with Gasteiger partial charge in [-0.2, -0.15) is 0 Å². The monoisotopic (exact) mass is 550 g/mol. The largest absolute Gasteiger partial charge is 0.496 e. The molecule has 0 aliphatic carbocycles. The molecule has 206 valence electrons. The molecule has 0 spiro atoms. The minimum Gasteiger partial charge on any atom is -0.496 e. The molecule has 2 heterocycles. The number of nitrogens with zero attached hydrogens (tertiary/aromatic N) is 1. The second kappa shape index (κ2) is 11.1. The molecule has 3 aromatic rings. The van der Waals surface area contributed by atoms with Gasteiger partial charge in [0.05, 0.1) is 18.5 Å². The molecule has 0 saturated heterocycles. The Morgan fingerprint density at radius 1 is 1.08 bits per heavy atom. The molecule has 9 heteroatoms. The molecular weight excluding hydrogens is 516 g/mol. The van der Waals surface area contributed by atoms with Crippen LogP contribution in [-0.4, -0.2) is 37.5 Å². The highest BCUT2D eigenvalue weighted by Crippen LogP contribution is 2.45.